The Bertz CT molecular complexity index is 452. The molecule has 1 heterocycles. The van der Waals surface area contributed by atoms with Gasteiger partial charge in [0.15, 0.2) is 0 Å². The molecule has 18 heavy (non-hydrogen) atoms. The number of nitro groups is 1. The van der Waals surface area contributed by atoms with E-state index >= 15 is 0 Å². The fraction of sp³-hybridized carbons (Fsp3) is 0.600. The van der Waals surface area contributed by atoms with E-state index in [1.165, 1.54) is 10.9 Å². The van der Waals surface area contributed by atoms with E-state index in [2.05, 4.69) is 10.4 Å². The Labute approximate surface area is 104 Å². The summed E-state index contributed by atoms with van der Waals surface area (Å²) in [4.78, 5) is 21.5. The van der Waals surface area contributed by atoms with Gasteiger partial charge >= 0.3 is 5.69 Å². The van der Waals surface area contributed by atoms with E-state index in [1.807, 2.05) is 0 Å². The molecule has 0 saturated carbocycles. The van der Waals surface area contributed by atoms with Crippen molar-refractivity contribution in [1.29, 1.82) is 0 Å². The smallest absolute Gasteiger partial charge is 0.307 e. The van der Waals surface area contributed by atoms with Crippen LogP contribution in [-0.2, 0) is 11.3 Å². The highest BCUT2D eigenvalue weighted by Crippen LogP contribution is 2.10. The van der Waals surface area contributed by atoms with Gasteiger partial charge in [-0.2, -0.15) is 5.10 Å². The van der Waals surface area contributed by atoms with Gasteiger partial charge in [-0.25, -0.2) is 0 Å². The average Bonchev–Trinajstić information content (AvgIpc) is 2.64. The van der Waals surface area contributed by atoms with E-state index < -0.39 is 16.6 Å². The van der Waals surface area contributed by atoms with Crippen LogP contribution in [0.25, 0.3) is 0 Å². The summed E-state index contributed by atoms with van der Waals surface area (Å²) in [5.41, 5.74) is -0.937. The predicted octanol–water partition coefficient (Wildman–Crippen LogP) is 0.0669. The van der Waals surface area contributed by atoms with Crippen LogP contribution in [0.4, 0.5) is 5.69 Å². The summed E-state index contributed by atoms with van der Waals surface area (Å²) in [5, 5.41) is 26.2. The van der Waals surface area contributed by atoms with Crippen molar-refractivity contribution in [3.05, 3.63) is 22.5 Å². The van der Waals surface area contributed by atoms with Gasteiger partial charge in [-0.1, -0.05) is 0 Å². The third-order valence-corrected chi connectivity index (χ3v) is 2.64. The van der Waals surface area contributed by atoms with Crippen LogP contribution in [-0.4, -0.2) is 37.4 Å². The molecule has 0 spiro atoms. The SMILES string of the molecule is CC(O)C(C)(C)NC(=O)Cn1cc([N+](=O)[O-])cn1. The lowest BCUT2D eigenvalue weighted by Crippen LogP contribution is -2.51. The van der Waals surface area contributed by atoms with Crippen LogP contribution in [0.3, 0.4) is 0 Å². The first-order valence-corrected chi connectivity index (χ1v) is 5.38. The highest BCUT2D eigenvalue weighted by atomic mass is 16.6. The van der Waals surface area contributed by atoms with Gasteiger partial charge in [0, 0.05) is 0 Å². The first kappa shape index (κ1) is 14.1. The van der Waals surface area contributed by atoms with E-state index in [9.17, 15) is 20.0 Å². The second kappa shape index (κ2) is 5.13. The van der Waals surface area contributed by atoms with Crippen molar-refractivity contribution in [2.75, 3.05) is 0 Å². The summed E-state index contributed by atoms with van der Waals surface area (Å²) in [6.45, 7) is 4.80. The van der Waals surface area contributed by atoms with Crippen molar-refractivity contribution >= 4 is 11.6 Å². The third kappa shape index (κ3) is 3.52. The number of amides is 1. The van der Waals surface area contributed by atoms with E-state index in [0.717, 1.165) is 6.20 Å². The number of hydrogen-bond donors (Lipinski definition) is 2. The zero-order chi connectivity index (χ0) is 13.9. The van der Waals surface area contributed by atoms with Crippen LogP contribution >= 0.6 is 0 Å². The topological polar surface area (TPSA) is 110 Å². The van der Waals surface area contributed by atoms with E-state index in [-0.39, 0.29) is 18.1 Å². The second-order valence-corrected chi connectivity index (χ2v) is 4.60. The number of aliphatic hydroxyl groups is 1. The molecule has 100 valence electrons. The van der Waals surface area contributed by atoms with Crippen molar-refractivity contribution in [3.8, 4) is 0 Å². The molecule has 8 nitrogen and oxygen atoms in total. The number of hydrogen-bond acceptors (Lipinski definition) is 5. The lowest BCUT2D eigenvalue weighted by atomic mass is 9.99. The fourth-order valence-corrected chi connectivity index (χ4v) is 1.18. The molecule has 0 aromatic carbocycles. The molecule has 1 aromatic rings. The Hall–Kier alpha value is -1.96. The number of carbonyl (C=O) groups excluding carboxylic acids is 1. The standard InChI is InChI=1S/C10H16N4O4/c1-7(15)10(2,3)12-9(16)6-13-5-8(4-11-13)14(17)18/h4-5,7,15H,6H2,1-3H3,(H,12,16). The molecule has 2 N–H and O–H groups in total. The molecule has 8 heteroatoms. The molecule has 0 aliphatic carbocycles. The summed E-state index contributed by atoms with van der Waals surface area (Å²) in [5.74, 6) is -0.376. The number of aromatic nitrogens is 2. The maximum absolute atomic E-state index is 11.7. The van der Waals surface area contributed by atoms with Crippen molar-refractivity contribution in [1.82, 2.24) is 15.1 Å². The molecular weight excluding hydrogens is 240 g/mol. The van der Waals surface area contributed by atoms with Crippen LogP contribution in [0.2, 0.25) is 0 Å². The quantitative estimate of drug-likeness (QED) is 0.572. The molecule has 0 radical (unpaired) electrons. The molecule has 0 saturated heterocycles. The number of nitrogens with one attached hydrogen (secondary N) is 1. The van der Waals surface area contributed by atoms with Gasteiger partial charge in [0.05, 0.1) is 16.6 Å². The lowest BCUT2D eigenvalue weighted by Gasteiger charge is -2.29. The Morgan fingerprint density at radius 3 is 2.78 bits per heavy atom. The van der Waals surface area contributed by atoms with Crippen LogP contribution in [0, 0.1) is 10.1 Å². The second-order valence-electron chi connectivity index (χ2n) is 4.60. The molecule has 1 aromatic heterocycles. The number of aliphatic hydroxyl groups excluding tert-OH is 1. The number of rotatable bonds is 5. The van der Waals surface area contributed by atoms with E-state index in [4.69, 9.17) is 0 Å². The molecule has 0 aliphatic rings. The Morgan fingerprint density at radius 2 is 2.33 bits per heavy atom. The maximum Gasteiger partial charge on any atom is 0.307 e. The monoisotopic (exact) mass is 256 g/mol. The predicted molar refractivity (Wildman–Crippen MR) is 62.8 cm³/mol. The molecule has 1 unspecified atom stereocenters. The minimum absolute atomic E-state index is 0.135. The molecule has 0 aliphatic heterocycles. The normalized spacial score (nSPS) is 13.1. The summed E-state index contributed by atoms with van der Waals surface area (Å²) >= 11 is 0. The Morgan fingerprint density at radius 1 is 1.72 bits per heavy atom. The van der Waals surface area contributed by atoms with Crippen molar-refractivity contribution in [3.63, 3.8) is 0 Å². The summed E-state index contributed by atoms with van der Waals surface area (Å²) in [6.07, 6.45) is 1.54. The van der Waals surface area contributed by atoms with Gasteiger partial charge in [0.25, 0.3) is 0 Å². The molecule has 0 bridgehead atoms. The minimum Gasteiger partial charge on any atom is -0.391 e. The van der Waals surface area contributed by atoms with Crippen molar-refractivity contribution in [2.24, 2.45) is 0 Å². The largest absolute Gasteiger partial charge is 0.391 e. The molecule has 0 fully saturated rings. The molecular formula is C10H16N4O4. The lowest BCUT2D eigenvalue weighted by molar-refractivity contribution is -0.385. The first-order valence-electron chi connectivity index (χ1n) is 5.38. The summed E-state index contributed by atoms with van der Waals surface area (Å²) in [6, 6.07) is 0. The summed E-state index contributed by atoms with van der Waals surface area (Å²) in [7, 11) is 0. The minimum atomic E-state index is -0.768. The Balaban J connectivity index is 2.62. The molecule has 1 rings (SSSR count). The molecule has 1 amide bonds. The van der Waals surface area contributed by atoms with E-state index in [1.54, 1.807) is 20.8 Å². The van der Waals surface area contributed by atoms with Gasteiger partial charge in [-0.15, -0.1) is 0 Å². The summed E-state index contributed by atoms with van der Waals surface area (Å²) < 4.78 is 1.17. The average molecular weight is 256 g/mol. The fourth-order valence-electron chi connectivity index (χ4n) is 1.18. The van der Waals surface area contributed by atoms with Gasteiger partial charge in [0.1, 0.15) is 18.9 Å². The van der Waals surface area contributed by atoms with Gasteiger partial charge in [-0.05, 0) is 20.8 Å². The van der Waals surface area contributed by atoms with Crippen molar-refractivity contribution < 1.29 is 14.8 Å². The van der Waals surface area contributed by atoms with Gasteiger partial charge in [-0.3, -0.25) is 19.6 Å². The van der Waals surface area contributed by atoms with Crippen LogP contribution < -0.4 is 5.32 Å². The highest BCUT2D eigenvalue weighted by Gasteiger charge is 2.26. The zero-order valence-electron chi connectivity index (χ0n) is 10.5. The van der Waals surface area contributed by atoms with Gasteiger partial charge < -0.3 is 10.4 Å². The van der Waals surface area contributed by atoms with Crippen molar-refractivity contribution in [2.45, 2.75) is 39.0 Å². The van der Waals surface area contributed by atoms with Crippen LogP contribution in [0.5, 0.6) is 0 Å². The van der Waals surface area contributed by atoms with E-state index in [0.29, 0.717) is 0 Å². The van der Waals surface area contributed by atoms with Gasteiger partial charge in [0.2, 0.25) is 5.91 Å². The number of nitrogens with zero attached hydrogens (tertiary/aromatic N) is 3. The Kier molecular flexibility index (Phi) is 4.02. The highest BCUT2D eigenvalue weighted by molar-refractivity contribution is 5.76. The third-order valence-electron chi connectivity index (χ3n) is 2.64. The number of carbonyl (C=O) groups is 1. The zero-order valence-corrected chi connectivity index (χ0v) is 10.5. The van der Waals surface area contributed by atoms with Crippen LogP contribution in [0.15, 0.2) is 12.4 Å². The van der Waals surface area contributed by atoms with Crippen LogP contribution in [0.1, 0.15) is 20.8 Å². The maximum atomic E-state index is 11.7. The molecule has 1 atom stereocenters. The first-order chi connectivity index (χ1) is 8.22.